The van der Waals surface area contributed by atoms with E-state index in [0.29, 0.717) is 30.5 Å². The molecular formula is C19H29F3N4O2S. The molecule has 1 aromatic rings. The molecule has 1 aliphatic carbocycles. The molecule has 164 valence electrons. The van der Waals surface area contributed by atoms with Crippen molar-refractivity contribution < 1.29 is 21.6 Å². The number of nitrogens with one attached hydrogen (secondary N) is 3. The number of sulfonamides is 1. The van der Waals surface area contributed by atoms with E-state index in [-0.39, 0.29) is 12.3 Å². The Kier molecular flexibility index (Phi) is 8.33. The minimum atomic E-state index is -4.41. The number of hydrogen-bond acceptors (Lipinski definition) is 3. The molecule has 1 aliphatic rings. The second kappa shape index (κ2) is 10.3. The SMILES string of the molecule is CCNC(=NCCS(=O)(=O)NCC1CCC1)NC(C)c1cccc(C(F)(F)F)c1. The average molecular weight is 435 g/mol. The van der Waals surface area contributed by atoms with Crippen molar-refractivity contribution in [1.82, 2.24) is 15.4 Å². The number of hydrogen-bond donors (Lipinski definition) is 3. The van der Waals surface area contributed by atoms with E-state index < -0.39 is 27.8 Å². The van der Waals surface area contributed by atoms with E-state index in [2.05, 4.69) is 20.3 Å². The molecule has 0 radical (unpaired) electrons. The van der Waals surface area contributed by atoms with Crippen LogP contribution in [0.15, 0.2) is 29.3 Å². The van der Waals surface area contributed by atoms with Crippen LogP contribution in [-0.2, 0) is 16.2 Å². The molecule has 0 saturated heterocycles. The summed E-state index contributed by atoms with van der Waals surface area (Å²) >= 11 is 0. The van der Waals surface area contributed by atoms with E-state index in [1.54, 1.807) is 13.0 Å². The van der Waals surface area contributed by atoms with Crippen molar-refractivity contribution in [2.75, 3.05) is 25.4 Å². The quantitative estimate of drug-likeness (QED) is 0.412. The zero-order valence-corrected chi connectivity index (χ0v) is 17.5. The van der Waals surface area contributed by atoms with Crippen LogP contribution in [0.4, 0.5) is 13.2 Å². The molecule has 1 aromatic carbocycles. The fourth-order valence-corrected chi connectivity index (χ4v) is 3.85. The Labute approximate surface area is 170 Å². The van der Waals surface area contributed by atoms with Gasteiger partial charge < -0.3 is 10.6 Å². The van der Waals surface area contributed by atoms with Crippen molar-refractivity contribution in [1.29, 1.82) is 0 Å². The molecule has 1 atom stereocenters. The highest BCUT2D eigenvalue weighted by Gasteiger charge is 2.30. The van der Waals surface area contributed by atoms with Gasteiger partial charge in [0.2, 0.25) is 10.0 Å². The number of rotatable bonds is 9. The second-order valence-corrected chi connectivity index (χ2v) is 9.14. The topological polar surface area (TPSA) is 82.6 Å². The van der Waals surface area contributed by atoms with Crippen molar-refractivity contribution in [3.63, 3.8) is 0 Å². The number of nitrogens with zero attached hydrogens (tertiary/aromatic N) is 1. The highest BCUT2D eigenvalue weighted by molar-refractivity contribution is 7.89. The summed E-state index contributed by atoms with van der Waals surface area (Å²) in [5.74, 6) is 0.640. The molecule has 1 saturated carbocycles. The highest BCUT2D eigenvalue weighted by Crippen LogP contribution is 2.30. The summed E-state index contributed by atoms with van der Waals surface area (Å²) in [6.07, 6.45) is -1.14. The lowest BCUT2D eigenvalue weighted by Crippen LogP contribution is -2.39. The van der Waals surface area contributed by atoms with Gasteiger partial charge in [0.25, 0.3) is 0 Å². The van der Waals surface area contributed by atoms with Gasteiger partial charge in [-0.25, -0.2) is 13.1 Å². The molecule has 3 N–H and O–H groups in total. The lowest BCUT2D eigenvalue weighted by molar-refractivity contribution is -0.137. The fraction of sp³-hybridized carbons (Fsp3) is 0.632. The van der Waals surface area contributed by atoms with Crippen molar-refractivity contribution in [3.05, 3.63) is 35.4 Å². The second-order valence-electron chi connectivity index (χ2n) is 7.21. The van der Waals surface area contributed by atoms with Gasteiger partial charge in [0.1, 0.15) is 0 Å². The lowest BCUT2D eigenvalue weighted by Gasteiger charge is -2.25. The minimum Gasteiger partial charge on any atom is -0.357 e. The first kappa shape index (κ1) is 23.5. The molecule has 2 rings (SSSR count). The summed E-state index contributed by atoms with van der Waals surface area (Å²) in [4.78, 5) is 4.25. The minimum absolute atomic E-state index is 0.0463. The highest BCUT2D eigenvalue weighted by atomic mass is 32.2. The van der Waals surface area contributed by atoms with Gasteiger partial charge >= 0.3 is 6.18 Å². The molecule has 0 bridgehead atoms. The summed E-state index contributed by atoms with van der Waals surface area (Å²) in [6, 6.07) is 4.64. The smallest absolute Gasteiger partial charge is 0.357 e. The first-order valence-electron chi connectivity index (χ1n) is 9.80. The maximum atomic E-state index is 12.9. The molecule has 6 nitrogen and oxygen atoms in total. The third-order valence-electron chi connectivity index (χ3n) is 4.86. The van der Waals surface area contributed by atoms with Gasteiger partial charge in [-0.05, 0) is 50.3 Å². The number of guanidine groups is 1. The van der Waals surface area contributed by atoms with Gasteiger partial charge in [-0.3, -0.25) is 4.99 Å². The van der Waals surface area contributed by atoms with Crippen LogP contribution in [-0.4, -0.2) is 39.8 Å². The van der Waals surface area contributed by atoms with Crippen LogP contribution in [0.1, 0.15) is 50.3 Å². The van der Waals surface area contributed by atoms with Gasteiger partial charge in [-0.2, -0.15) is 13.2 Å². The molecule has 0 aromatic heterocycles. The Hall–Kier alpha value is -1.81. The lowest BCUT2D eigenvalue weighted by atomic mass is 9.86. The zero-order valence-electron chi connectivity index (χ0n) is 16.7. The maximum Gasteiger partial charge on any atom is 0.416 e. The molecule has 0 aliphatic heterocycles. The van der Waals surface area contributed by atoms with Crippen LogP contribution in [0, 0.1) is 5.92 Å². The van der Waals surface area contributed by atoms with Crippen LogP contribution in [0.5, 0.6) is 0 Å². The molecule has 0 spiro atoms. The average Bonchev–Trinajstić information content (AvgIpc) is 2.59. The Morgan fingerprint density at radius 3 is 2.62 bits per heavy atom. The summed E-state index contributed by atoms with van der Waals surface area (Å²) in [5.41, 5.74) is -0.255. The molecular weight excluding hydrogens is 405 g/mol. The number of alkyl halides is 3. The monoisotopic (exact) mass is 434 g/mol. The molecule has 0 amide bonds. The van der Waals surface area contributed by atoms with Crippen molar-refractivity contribution in [2.24, 2.45) is 10.9 Å². The third kappa shape index (κ3) is 7.85. The van der Waals surface area contributed by atoms with E-state index >= 15 is 0 Å². The summed E-state index contributed by atoms with van der Waals surface area (Å²) in [7, 11) is -3.40. The molecule has 1 unspecified atom stereocenters. The van der Waals surface area contributed by atoms with Gasteiger partial charge in [0, 0.05) is 13.1 Å². The zero-order chi connectivity index (χ0) is 21.5. The predicted octanol–water partition coefficient (Wildman–Crippen LogP) is 3.04. The Balaban J connectivity index is 1.94. The van der Waals surface area contributed by atoms with Crippen LogP contribution in [0.2, 0.25) is 0 Å². The number of halogens is 3. The van der Waals surface area contributed by atoms with Crippen molar-refractivity contribution >= 4 is 16.0 Å². The maximum absolute atomic E-state index is 12.9. The van der Waals surface area contributed by atoms with E-state index in [9.17, 15) is 21.6 Å². The Morgan fingerprint density at radius 2 is 2.03 bits per heavy atom. The summed E-state index contributed by atoms with van der Waals surface area (Å²) in [5, 5.41) is 6.01. The van der Waals surface area contributed by atoms with Crippen molar-refractivity contribution in [2.45, 2.75) is 45.3 Å². The normalized spacial score (nSPS) is 16.9. The third-order valence-corrected chi connectivity index (χ3v) is 6.18. The van der Waals surface area contributed by atoms with Crippen LogP contribution in [0.25, 0.3) is 0 Å². The summed E-state index contributed by atoms with van der Waals surface area (Å²) in [6.45, 7) is 4.62. The fourth-order valence-electron chi connectivity index (χ4n) is 2.88. The number of benzene rings is 1. The van der Waals surface area contributed by atoms with Gasteiger partial charge in [0.15, 0.2) is 5.96 Å². The molecule has 10 heteroatoms. The first-order valence-corrected chi connectivity index (χ1v) is 11.5. The van der Waals surface area contributed by atoms with E-state index in [1.807, 2.05) is 6.92 Å². The van der Waals surface area contributed by atoms with Crippen LogP contribution >= 0.6 is 0 Å². The molecule has 1 fully saturated rings. The largest absolute Gasteiger partial charge is 0.416 e. The molecule has 29 heavy (non-hydrogen) atoms. The van der Waals surface area contributed by atoms with Gasteiger partial charge in [-0.15, -0.1) is 0 Å². The van der Waals surface area contributed by atoms with Crippen LogP contribution in [0.3, 0.4) is 0 Å². The van der Waals surface area contributed by atoms with E-state index in [1.165, 1.54) is 6.07 Å². The summed E-state index contributed by atoms with van der Waals surface area (Å²) < 4.78 is 65.5. The number of aliphatic imine (C=N–C) groups is 1. The Morgan fingerprint density at radius 1 is 1.31 bits per heavy atom. The Bertz CT molecular complexity index is 793. The van der Waals surface area contributed by atoms with E-state index in [0.717, 1.165) is 31.4 Å². The predicted molar refractivity (Wildman–Crippen MR) is 108 cm³/mol. The van der Waals surface area contributed by atoms with E-state index in [4.69, 9.17) is 0 Å². The van der Waals surface area contributed by atoms with Gasteiger partial charge in [-0.1, -0.05) is 18.6 Å². The molecule has 0 heterocycles. The van der Waals surface area contributed by atoms with Gasteiger partial charge in [0.05, 0.1) is 23.9 Å². The van der Waals surface area contributed by atoms with Crippen molar-refractivity contribution in [3.8, 4) is 0 Å². The standard InChI is InChI=1S/C19H29F3N4O2S/c1-3-23-18(24-10-11-29(27,28)25-13-15-6-4-7-15)26-14(2)16-8-5-9-17(12-16)19(20,21)22/h5,8-9,12,14-15,25H,3-4,6-7,10-11,13H2,1-2H3,(H2,23,24,26). The van der Waals surface area contributed by atoms with Crippen LogP contribution < -0.4 is 15.4 Å². The first-order chi connectivity index (χ1) is 13.6.